The molecule has 0 aliphatic heterocycles. The van der Waals surface area contributed by atoms with Crippen molar-refractivity contribution in [3.8, 4) is 0 Å². The molecule has 0 N–H and O–H groups in total. The monoisotopic (exact) mass is 194 g/mol. The van der Waals surface area contributed by atoms with Crippen LogP contribution in [0, 0.1) is 0 Å². The predicted octanol–water partition coefficient (Wildman–Crippen LogP) is -3.13. The van der Waals surface area contributed by atoms with Crippen molar-refractivity contribution in [1.82, 2.24) is 0 Å². The molecule has 0 saturated carbocycles. The molecule has 0 amide bonds. The Hall–Kier alpha value is 0.900. The van der Waals surface area contributed by atoms with Crippen LogP contribution in [0.15, 0.2) is 0 Å². The third kappa shape index (κ3) is 17.6. The summed E-state index contributed by atoms with van der Waals surface area (Å²) in [6, 6.07) is 0. The minimum absolute atomic E-state index is 0. The van der Waals surface area contributed by atoms with Crippen LogP contribution in [0.3, 0.4) is 0 Å². The summed E-state index contributed by atoms with van der Waals surface area (Å²) < 4.78 is 0. The van der Waals surface area contributed by atoms with Crippen LogP contribution in [-0.4, -0.2) is 49.7 Å². The van der Waals surface area contributed by atoms with E-state index >= 15 is 0 Å². The average Bonchev–Trinajstić information content (AvgIpc) is 1.72. The summed E-state index contributed by atoms with van der Waals surface area (Å²) in [6.45, 7) is 0. The maximum atomic E-state index is 8.93. The van der Waals surface area contributed by atoms with Crippen molar-refractivity contribution in [3.63, 3.8) is 0 Å². The zero-order valence-corrected chi connectivity index (χ0v) is 8.23. The molecular weight excluding hydrogens is 192 g/mol. The molecule has 7 heteroatoms. The summed E-state index contributed by atoms with van der Waals surface area (Å²) in [5.74, 6) is -4.37. The maximum absolute atomic E-state index is 8.93. The quantitative estimate of drug-likeness (QED) is 0.185. The van der Waals surface area contributed by atoms with E-state index in [1.54, 1.807) is 0 Å². The number of thiol groups is 2. The van der Waals surface area contributed by atoms with Gasteiger partial charge in [0.15, 0.2) is 0 Å². The van der Waals surface area contributed by atoms with Gasteiger partial charge in [-0.1, -0.05) is 0 Å². The zero-order valence-electron chi connectivity index (χ0n) is 4.23. The average molecular weight is 194 g/mol. The molecule has 0 radical (unpaired) electrons. The van der Waals surface area contributed by atoms with Crippen LogP contribution in [0.1, 0.15) is 0 Å². The first-order valence-corrected chi connectivity index (χ1v) is 2.87. The number of rotatable bonds is 0. The summed E-state index contributed by atoms with van der Waals surface area (Å²) >= 11 is 6.44. The molecule has 48 valence electrons. The summed E-state index contributed by atoms with van der Waals surface area (Å²) in [5.41, 5.74) is 0. The third-order valence-electron chi connectivity index (χ3n) is 0.167. The van der Waals surface area contributed by atoms with Crippen molar-refractivity contribution in [1.29, 1.82) is 0 Å². The molecule has 0 atom stereocenters. The van der Waals surface area contributed by atoms with Crippen molar-refractivity contribution in [3.05, 3.63) is 0 Å². The van der Waals surface area contributed by atoms with Crippen LogP contribution in [-0.2, 0) is 9.59 Å². The van der Waals surface area contributed by atoms with E-state index in [2.05, 4.69) is 23.3 Å². The molecule has 0 aromatic carbocycles. The SMILES string of the molecule is O=C([O-])C(=O)[O-].SS.[Ca+2]. The standard InChI is InChI=1S/C2H2O4.Ca.H2S2/c3-1(4)2(5)6;;1-2/h(H,3,4)(H,5,6);;1-2H/q;+2;/p-2. The third-order valence-corrected chi connectivity index (χ3v) is 0.167. The van der Waals surface area contributed by atoms with Gasteiger partial charge in [0.25, 0.3) is 0 Å². The first kappa shape index (κ1) is 16.5. The van der Waals surface area contributed by atoms with Crippen LogP contribution in [0.25, 0.3) is 0 Å². The number of carbonyl (C=O) groups is 2. The smallest absolute Gasteiger partial charge is 0.543 e. The molecule has 0 spiro atoms. The van der Waals surface area contributed by atoms with Gasteiger partial charge in [-0.05, 0) is 0 Å². The van der Waals surface area contributed by atoms with Crippen molar-refractivity contribution in [2.45, 2.75) is 0 Å². The van der Waals surface area contributed by atoms with Crippen LogP contribution in [0.2, 0.25) is 0 Å². The van der Waals surface area contributed by atoms with Gasteiger partial charge in [-0.25, -0.2) is 0 Å². The Kier molecular flexibility index (Phi) is 21.4. The van der Waals surface area contributed by atoms with Crippen molar-refractivity contribution < 1.29 is 19.8 Å². The zero-order chi connectivity index (χ0) is 7.15. The van der Waals surface area contributed by atoms with Gasteiger partial charge in [0.2, 0.25) is 0 Å². The Morgan fingerprint density at radius 1 is 1.00 bits per heavy atom. The molecular formula is C2H2CaO4S2. The first-order chi connectivity index (χ1) is 3.64. The van der Waals surface area contributed by atoms with E-state index < -0.39 is 11.9 Å². The number of carboxylic acid groups (broad SMARTS) is 2. The van der Waals surface area contributed by atoms with Crippen LogP contribution < -0.4 is 10.2 Å². The molecule has 9 heavy (non-hydrogen) atoms. The van der Waals surface area contributed by atoms with Gasteiger partial charge < -0.3 is 19.8 Å². The van der Waals surface area contributed by atoms with E-state index in [0.29, 0.717) is 0 Å². The Labute approximate surface area is 91.8 Å². The molecule has 0 bridgehead atoms. The minimum Gasteiger partial charge on any atom is -0.543 e. The fraction of sp³-hybridized carbons (Fsp3) is 0. The van der Waals surface area contributed by atoms with Crippen LogP contribution >= 0.6 is 23.3 Å². The fourth-order valence-corrected chi connectivity index (χ4v) is 0. The van der Waals surface area contributed by atoms with Gasteiger partial charge in [-0.15, -0.1) is 23.3 Å². The van der Waals surface area contributed by atoms with E-state index in [1.165, 1.54) is 0 Å². The normalized spacial score (nSPS) is 5.56. The minimum atomic E-state index is -2.19. The molecule has 0 rings (SSSR count). The number of carbonyl (C=O) groups excluding carboxylic acids is 2. The molecule has 0 heterocycles. The van der Waals surface area contributed by atoms with Gasteiger partial charge >= 0.3 is 37.7 Å². The van der Waals surface area contributed by atoms with Crippen molar-refractivity contribution in [2.24, 2.45) is 0 Å². The summed E-state index contributed by atoms with van der Waals surface area (Å²) in [7, 11) is 0. The van der Waals surface area contributed by atoms with E-state index in [0.717, 1.165) is 0 Å². The fourth-order valence-electron chi connectivity index (χ4n) is 0. The summed E-state index contributed by atoms with van der Waals surface area (Å²) in [4.78, 5) is 17.9. The van der Waals surface area contributed by atoms with Crippen LogP contribution in [0.5, 0.6) is 0 Å². The Morgan fingerprint density at radius 3 is 1.11 bits per heavy atom. The Morgan fingerprint density at radius 2 is 1.11 bits per heavy atom. The Balaban J connectivity index is -0.000000109. The molecule has 0 saturated heterocycles. The molecule has 0 aliphatic carbocycles. The van der Waals surface area contributed by atoms with Gasteiger partial charge in [-0.3, -0.25) is 0 Å². The maximum Gasteiger partial charge on any atom is 2.00 e. The van der Waals surface area contributed by atoms with Gasteiger partial charge in [-0.2, -0.15) is 0 Å². The number of hydrogen-bond donors (Lipinski definition) is 2. The number of carboxylic acids is 2. The summed E-state index contributed by atoms with van der Waals surface area (Å²) in [5, 5.41) is 17.9. The number of hydrogen-bond acceptors (Lipinski definition) is 6. The molecule has 0 aromatic rings. The summed E-state index contributed by atoms with van der Waals surface area (Å²) in [6.07, 6.45) is 0. The predicted molar refractivity (Wildman–Crippen MR) is 33.7 cm³/mol. The van der Waals surface area contributed by atoms with Gasteiger partial charge in [0, 0.05) is 0 Å². The second-order valence-corrected chi connectivity index (χ2v) is 0.575. The van der Waals surface area contributed by atoms with Crippen molar-refractivity contribution >= 4 is 73.0 Å². The second-order valence-electron chi connectivity index (χ2n) is 0.575. The van der Waals surface area contributed by atoms with E-state index in [9.17, 15) is 0 Å². The van der Waals surface area contributed by atoms with E-state index in [4.69, 9.17) is 19.8 Å². The van der Waals surface area contributed by atoms with Crippen molar-refractivity contribution in [2.75, 3.05) is 0 Å². The van der Waals surface area contributed by atoms with E-state index in [-0.39, 0.29) is 37.7 Å². The Bertz CT molecular complexity index is 82.6. The largest absolute Gasteiger partial charge is 2.00 e. The first-order valence-electron chi connectivity index (χ1n) is 1.27. The van der Waals surface area contributed by atoms with Gasteiger partial charge in [0.1, 0.15) is 0 Å². The number of aliphatic carboxylic acids is 2. The molecule has 0 aromatic heterocycles. The van der Waals surface area contributed by atoms with Crippen LogP contribution in [0.4, 0.5) is 0 Å². The second kappa shape index (κ2) is 11.7. The van der Waals surface area contributed by atoms with Gasteiger partial charge in [0.05, 0.1) is 11.9 Å². The molecule has 0 fully saturated rings. The molecule has 4 nitrogen and oxygen atoms in total. The molecule has 0 unspecified atom stereocenters. The molecule has 0 aliphatic rings. The van der Waals surface area contributed by atoms with E-state index in [1.807, 2.05) is 0 Å². The topological polar surface area (TPSA) is 80.3 Å².